The standard InChI is InChI=1S/C27H27FN4O2/c1-16-20(6-5-7-21(16)26(33)29-2)25(30-19-11-8-17(9-12-19)15-32(3)4)24-22-13-10-18(28)14-23(22)31-27(24)34/h5-14,31,34H,15H2,1-4H3,(H,29,33). The molecule has 7 heteroatoms. The van der Waals surface area contributed by atoms with Crippen LogP contribution in [0.25, 0.3) is 10.9 Å². The van der Waals surface area contributed by atoms with Crippen LogP contribution in [0.3, 0.4) is 0 Å². The number of aromatic amines is 1. The van der Waals surface area contributed by atoms with Crippen molar-refractivity contribution < 1.29 is 14.3 Å². The predicted octanol–water partition coefficient (Wildman–Crippen LogP) is 4.91. The van der Waals surface area contributed by atoms with Crippen LogP contribution in [0.5, 0.6) is 5.88 Å². The Hall–Kier alpha value is -3.97. The van der Waals surface area contributed by atoms with Gasteiger partial charge in [-0.15, -0.1) is 0 Å². The summed E-state index contributed by atoms with van der Waals surface area (Å²) in [6.45, 7) is 2.65. The Labute approximate surface area is 197 Å². The number of aromatic nitrogens is 1. The van der Waals surface area contributed by atoms with E-state index in [1.807, 2.05) is 51.4 Å². The minimum atomic E-state index is -0.409. The fourth-order valence-corrected chi connectivity index (χ4v) is 4.09. The van der Waals surface area contributed by atoms with Crippen molar-refractivity contribution in [3.63, 3.8) is 0 Å². The Balaban J connectivity index is 1.95. The van der Waals surface area contributed by atoms with Crippen molar-refractivity contribution in [2.75, 3.05) is 21.1 Å². The first-order valence-electron chi connectivity index (χ1n) is 10.9. The maximum absolute atomic E-state index is 13.8. The van der Waals surface area contributed by atoms with Gasteiger partial charge in [0.25, 0.3) is 5.91 Å². The lowest BCUT2D eigenvalue weighted by atomic mass is 9.93. The van der Waals surface area contributed by atoms with Gasteiger partial charge in [-0.05, 0) is 68.5 Å². The fourth-order valence-electron chi connectivity index (χ4n) is 4.09. The maximum atomic E-state index is 13.8. The third-order valence-corrected chi connectivity index (χ3v) is 5.71. The quantitative estimate of drug-likeness (QED) is 0.359. The summed E-state index contributed by atoms with van der Waals surface area (Å²) in [5.74, 6) is -0.738. The Morgan fingerprint density at radius 3 is 2.47 bits per heavy atom. The molecule has 1 heterocycles. The molecule has 0 aliphatic rings. The molecule has 3 N–H and O–H groups in total. The second-order valence-corrected chi connectivity index (χ2v) is 8.46. The van der Waals surface area contributed by atoms with Crippen molar-refractivity contribution in [1.29, 1.82) is 0 Å². The van der Waals surface area contributed by atoms with Gasteiger partial charge in [-0.3, -0.25) is 4.79 Å². The van der Waals surface area contributed by atoms with Crippen molar-refractivity contribution in [2.45, 2.75) is 13.5 Å². The maximum Gasteiger partial charge on any atom is 0.251 e. The largest absolute Gasteiger partial charge is 0.494 e. The number of H-pyrrole nitrogens is 1. The van der Waals surface area contributed by atoms with Crippen LogP contribution in [0.1, 0.15) is 32.6 Å². The van der Waals surface area contributed by atoms with Gasteiger partial charge in [0, 0.05) is 30.1 Å². The predicted molar refractivity (Wildman–Crippen MR) is 134 cm³/mol. The molecule has 1 amide bonds. The van der Waals surface area contributed by atoms with E-state index in [2.05, 4.69) is 15.2 Å². The van der Waals surface area contributed by atoms with Crippen LogP contribution in [0.2, 0.25) is 0 Å². The van der Waals surface area contributed by atoms with E-state index in [0.717, 1.165) is 17.7 Å². The topological polar surface area (TPSA) is 80.7 Å². The summed E-state index contributed by atoms with van der Waals surface area (Å²) in [4.78, 5) is 22.3. The van der Waals surface area contributed by atoms with E-state index in [0.29, 0.717) is 39.0 Å². The van der Waals surface area contributed by atoms with Crippen LogP contribution in [-0.4, -0.2) is 47.8 Å². The van der Waals surface area contributed by atoms with Crippen molar-refractivity contribution in [1.82, 2.24) is 15.2 Å². The lowest BCUT2D eigenvalue weighted by Crippen LogP contribution is -2.20. The number of hydrogen-bond acceptors (Lipinski definition) is 4. The van der Waals surface area contributed by atoms with Gasteiger partial charge in [-0.2, -0.15) is 0 Å². The number of aliphatic imine (C=N–C) groups is 1. The number of fused-ring (bicyclic) bond motifs is 1. The molecule has 0 atom stereocenters. The molecule has 0 saturated heterocycles. The molecular weight excluding hydrogens is 431 g/mol. The molecule has 0 fully saturated rings. The second kappa shape index (κ2) is 9.49. The van der Waals surface area contributed by atoms with E-state index in [-0.39, 0.29) is 11.8 Å². The molecule has 4 aromatic rings. The van der Waals surface area contributed by atoms with Crippen LogP contribution < -0.4 is 5.32 Å². The molecule has 0 saturated carbocycles. The Morgan fingerprint density at radius 2 is 1.79 bits per heavy atom. The van der Waals surface area contributed by atoms with Crippen molar-refractivity contribution in [3.8, 4) is 5.88 Å². The Morgan fingerprint density at radius 1 is 1.09 bits per heavy atom. The molecule has 0 unspecified atom stereocenters. The van der Waals surface area contributed by atoms with E-state index in [9.17, 15) is 14.3 Å². The smallest absolute Gasteiger partial charge is 0.251 e. The number of benzene rings is 3. The number of halogens is 1. The number of carbonyl (C=O) groups is 1. The molecule has 0 bridgehead atoms. The molecule has 0 spiro atoms. The molecule has 0 radical (unpaired) electrons. The minimum Gasteiger partial charge on any atom is -0.494 e. The van der Waals surface area contributed by atoms with Gasteiger partial charge in [0.05, 0.1) is 22.5 Å². The number of carbonyl (C=O) groups excluding carboxylic acids is 1. The molecule has 174 valence electrons. The summed E-state index contributed by atoms with van der Waals surface area (Å²) < 4.78 is 13.8. The van der Waals surface area contributed by atoms with Crippen LogP contribution in [0.15, 0.2) is 65.7 Å². The van der Waals surface area contributed by atoms with Gasteiger partial charge in [0.1, 0.15) is 5.82 Å². The summed E-state index contributed by atoms with van der Waals surface area (Å²) in [6.07, 6.45) is 0. The van der Waals surface area contributed by atoms with Crippen molar-refractivity contribution >= 4 is 28.2 Å². The SMILES string of the molecule is CNC(=O)c1cccc(C(=Nc2ccc(CN(C)C)cc2)c2c(O)[nH]c3cc(F)ccc23)c1C. The summed E-state index contributed by atoms with van der Waals surface area (Å²) in [5.41, 5.74) is 5.16. The minimum absolute atomic E-state index is 0.117. The highest BCUT2D eigenvalue weighted by Crippen LogP contribution is 2.33. The summed E-state index contributed by atoms with van der Waals surface area (Å²) in [5, 5.41) is 14.1. The van der Waals surface area contributed by atoms with E-state index in [1.165, 1.54) is 12.1 Å². The van der Waals surface area contributed by atoms with Crippen molar-refractivity contribution in [3.05, 3.63) is 94.3 Å². The van der Waals surface area contributed by atoms with Gasteiger partial charge in [0.15, 0.2) is 5.88 Å². The van der Waals surface area contributed by atoms with Gasteiger partial charge in [0.2, 0.25) is 0 Å². The number of amides is 1. The fraction of sp³-hybridized carbons (Fsp3) is 0.185. The number of hydrogen-bond donors (Lipinski definition) is 3. The van der Waals surface area contributed by atoms with Gasteiger partial charge in [-0.25, -0.2) is 9.38 Å². The molecule has 4 rings (SSSR count). The molecule has 3 aromatic carbocycles. The molecule has 1 aromatic heterocycles. The van der Waals surface area contributed by atoms with Gasteiger partial charge in [-0.1, -0.05) is 24.3 Å². The molecular formula is C27H27FN4O2. The summed E-state index contributed by atoms with van der Waals surface area (Å²) in [6, 6.07) is 17.5. The average molecular weight is 459 g/mol. The first kappa shape index (κ1) is 23.2. The number of aromatic hydroxyl groups is 1. The normalized spacial score (nSPS) is 11.9. The van der Waals surface area contributed by atoms with Crippen LogP contribution >= 0.6 is 0 Å². The lowest BCUT2D eigenvalue weighted by molar-refractivity contribution is 0.0962. The van der Waals surface area contributed by atoms with E-state index in [4.69, 9.17) is 4.99 Å². The lowest BCUT2D eigenvalue weighted by Gasteiger charge is -2.14. The van der Waals surface area contributed by atoms with Crippen LogP contribution in [0, 0.1) is 12.7 Å². The second-order valence-electron chi connectivity index (χ2n) is 8.46. The number of rotatable bonds is 6. The zero-order chi connectivity index (χ0) is 24.4. The average Bonchev–Trinajstić information content (AvgIpc) is 3.12. The van der Waals surface area contributed by atoms with Crippen molar-refractivity contribution in [2.24, 2.45) is 4.99 Å². The number of nitrogens with one attached hydrogen (secondary N) is 2. The van der Waals surface area contributed by atoms with Crippen LogP contribution in [-0.2, 0) is 6.54 Å². The summed E-state index contributed by atoms with van der Waals surface area (Å²) >= 11 is 0. The molecule has 0 aliphatic carbocycles. The highest BCUT2D eigenvalue weighted by Gasteiger charge is 2.22. The third kappa shape index (κ3) is 4.56. The Kier molecular flexibility index (Phi) is 6.47. The molecule has 0 aliphatic heterocycles. The highest BCUT2D eigenvalue weighted by atomic mass is 19.1. The Bertz CT molecular complexity index is 1390. The third-order valence-electron chi connectivity index (χ3n) is 5.71. The van der Waals surface area contributed by atoms with Gasteiger partial charge >= 0.3 is 0 Å². The van der Waals surface area contributed by atoms with E-state index < -0.39 is 5.82 Å². The zero-order valence-corrected chi connectivity index (χ0v) is 19.6. The van der Waals surface area contributed by atoms with Gasteiger partial charge < -0.3 is 20.3 Å². The van der Waals surface area contributed by atoms with E-state index >= 15 is 0 Å². The molecule has 34 heavy (non-hydrogen) atoms. The first-order chi connectivity index (χ1) is 16.3. The number of nitrogens with zero attached hydrogens (tertiary/aromatic N) is 2. The van der Waals surface area contributed by atoms with Crippen LogP contribution in [0.4, 0.5) is 10.1 Å². The first-order valence-corrected chi connectivity index (χ1v) is 10.9. The highest BCUT2D eigenvalue weighted by molar-refractivity contribution is 6.23. The molecule has 6 nitrogen and oxygen atoms in total. The monoisotopic (exact) mass is 458 g/mol. The summed E-state index contributed by atoms with van der Waals surface area (Å²) in [7, 11) is 5.60. The van der Waals surface area contributed by atoms with E-state index in [1.54, 1.807) is 25.2 Å². The zero-order valence-electron chi connectivity index (χ0n) is 19.6.